The molecule has 2 amide bonds. The maximum absolute atomic E-state index is 13.6. The van der Waals surface area contributed by atoms with Gasteiger partial charge in [0.1, 0.15) is 5.82 Å². The maximum Gasteiger partial charge on any atom is 0.309 e. The second-order valence-electron chi connectivity index (χ2n) is 7.66. The number of rotatable bonds is 6. The number of hydrogen-bond donors (Lipinski definition) is 2. The Bertz CT molecular complexity index is 1090. The van der Waals surface area contributed by atoms with E-state index in [1.165, 1.54) is 22.5 Å². The molecule has 1 atom stereocenters. The van der Waals surface area contributed by atoms with Crippen LogP contribution in [0.15, 0.2) is 47.4 Å². The number of aryl methyl sites for hydroxylation is 2. The minimum absolute atomic E-state index is 0.0239. The highest BCUT2D eigenvalue weighted by atomic mass is 32.2. The minimum atomic E-state index is -3.72. The van der Waals surface area contributed by atoms with E-state index in [1.807, 2.05) is 13.0 Å². The summed E-state index contributed by atoms with van der Waals surface area (Å²) < 4.78 is 41.4. The monoisotopic (exact) mass is 447 g/mol. The molecule has 0 saturated carbocycles. The van der Waals surface area contributed by atoms with Crippen LogP contribution in [0.1, 0.15) is 29.5 Å². The zero-order valence-corrected chi connectivity index (χ0v) is 18.3. The van der Waals surface area contributed by atoms with Crippen molar-refractivity contribution in [2.75, 3.05) is 13.1 Å². The summed E-state index contributed by atoms with van der Waals surface area (Å²) in [6.45, 7) is 3.85. The lowest BCUT2D eigenvalue weighted by Gasteiger charge is -2.25. The van der Waals surface area contributed by atoms with E-state index >= 15 is 0 Å². The SMILES string of the molecule is Cc1ccc(C)c(S(=O)(=O)N2CCCC2CNC(=O)C(=O)NCc2ccccc2F)c1. The Balaban J connectivity index is 1.60. The Morgan fingerprint density at radius 1 is 1.10 bits per heavy atom. The van der Waals surface area contributed by atoms with Crippen LogP contribution in [0.5, 0.6) is 0 Å². The fraction of sp³-hybridized carbons (Fsp3) is 0.364. The van der Waals surface area contributed by atoms with E-state index in [-0.39, 0.29) is 23.5 Å². The summed E-state index contributed by atoms with van der Waals surface area (Å²) in [7, 11) is -3.72. The molecule has 166 valence electrons. The van der Waals surface area contributed by atoms with Crippen LogP contribution in [-0.4, -0.2) is 43.7 Å². The highest BCUT2D eigenvalue weighted by Gasteiger charge is 2.36. The van der Waals surface area contributed by atoms with Crippen LogP contribution in [0, 0.1) is 19.7 Å². The predicted molar refractivity (Wildman–Crippen MR) is 114 cm³/mol. The first-order chi connectivity index (χ1) is 14.7. The van der Waals surface area contributed by atoms with Gasteiger partial charge in [-0.1, -0.05) is 30.3 Å². The van der Waals surface area contributed by atoms with Crippen LogP contribution in [0.2, 0.25) is 0 Å². The molecule has 2 aromatic carbocycles. The molecule has 1 heterocycles. The lowest BCUT2D eigenvalue weighted by molar-refractivity contribution is -0.139. The van der Waals surface area contributed by atoms with Crippen LogP contribution in [0.4, 0.5) is 4.39 Å². The largest absolute Gasteiger partial charge is 0.346 e. The lowest BCUT2D eigenvalue weighted by Crippen LogP contribution is -2.47. The van der Waals surface area contributed by atoms with Gasteiger partial charge in [0, 0.05) is 31.2 Å². The molecule has 1 aliphatic rings. The van der Waals surface area contributed by atoms with Gasteiger partial charge in [-0.15, -0.1) is 0 Å². The van der Waals surface area contributed by atoms with E-state index in [2.05, 4.69) is 10.6 Å². The molecule has 1 fully saturated rings. The number of sulfonamides is 1. The van der Waals surface area contributed by atoms with Crippen LogP contribution in [0.25, 0.3) is 0 Å². The quantitative estimate of drug-likeness (QED) is 0.663. The highest BCUT2D eigenvalue weighted by molar-refractivity contribution is 7.89. The maximum atomic E-state index is 13.6. The van der Waals surface area contributed by atoms with E-state index in [0.717, 1.165) is 5.56 Å². The zero-order valence-electron chi connectivity index (χ0n) is 17.5. The number of halogens is 1. The van der Waals surface area contributed by atoms with Gasteiger partial charge in [0.25, 0.3) is 0 Å². The number of amides is 2. The molecule has 2 N–H and O–H groups in total. The molecule has 0 bridgehead atoms. The Morgan fingerprint density at radius 2 is 1.81 bits per heavy atom. The molecule has 1 unspecified atom stereocenters. The van der Waals surface area contributed by atoms with Gasteiger partial charge in [0.05, 0.1) is 4.90 Å². The molecule has 0 aromatic heterocycles. The van der Waals surface area contributed by atoms with Gasteiger partial charge < -0.3 is 10.6 Å². The lowest BCUT2D eigenvalue weighted by atomic mass is 10.2. The van der Waals surface area contributed by atoms with Crippen molar-refractivity contribution in [2.24, 2.45) is 0 Å². The molecule has 7 nitrogen and oxygen atoms in total. The molecule has 1 aliphatic heterocycles. The van der Waals surface area contributed by atoms with E-state index in [4.69, 9.17) is 0 Å². The van der Waals surface area contributed by atoms with E-state index in [1.54, 1.807) is 25.1 Å². The second kappa shape index (κ2) is 9.57. The topological polar surface area (TPSA) is 95.6 Å². The summed E-state index contributed by atoms with van der Waals surface area (Å²) >= 11 is 0. The van der Waals surface area contributed by atoms with Gasteiger partial charge in [0.2, 0.25) is 10.0 Å². The van der Waals surface area contributed by atoms with Crippen molar-refractivity contribution in [1.82, 2.24) is 14.9 Å². The molecule has 9 heteroatoms. The zero-order chi connectivity index (χ0) is 22.6. The van der Waals surface area contributed by atoms with Crippen LogP contribution in [-0.2, 0) is 26.2 Å². The normalized spacial score (nSPS) is 16.8. The molecule has 31 heavy (non-hydrogen) atoms. The Hall–Kier alpha value is -2.78. The first-order valence-corrected chi connectivity index (χ1v) is 11.5. The molecule has 0 spiro atoms. The van der Waals surface area contributed by atoms with Gasteiger partial charge in [0.15, 0.2) is 0 Å². The standard InChI is InChI=1S/C22H26FN3O4S/c1-15-9-10-16(2)20(12-15)31(29,30)26-11-5-7-18(26)14-25-22(28)21(27)24-13-17-6-3-4-8-19(17)23/h3-4,6,8-10,12,18H,5,7,11,13-14H2,1-2H3,(H,24,27)(H,25,28). The Kier molecular flexibility index (Phi) is 7.07. The number of carbonyl (C=O) groups excluding carboxylic acids is 2. The van der Waals surface area contributed by atoms with E-state index in [0.29, 0.717) is 24.9 Å². The molecule has 0 radical (unpaired) electrons. The molecule has 2 aromatic rings. The van der Waals surface area contributed by atoms with E-state index < -0.39 is 33.7 Å². The van der Waals surface area contributed by atoms with Gasteiger partial charge in [-0.05, 0) is 49.9 Å². The van der Waals surface area contributed by atoms with Crippen molar-refractivity contribution in [3.05, 3.63) is 65.0 Å². The number of benzene rings is 2. The van der Waals surface area contributed by atoms with Crippen LogP contribution >= 0.6 is 0 Å². The van der Waals surface area contributed by atoms with Gasteiger partial charge >= 0.3 is 11.8 Å². The van der Waals surface area contributed by atoms with Crippen molar-refractivity contribution in [3.8, 4) is 0 Å². The van der Waals surface area contributed by atoms with Crippen molar-refractivity contribution in [2.45, 2.75) is 44.2 Å². The predicted octanol–water partition coefficient (Wildman–Crippen LogP) is 2.03. The Labute approximate surface area is 181 Å². The summed E-state index contributed by atoms with van der Waals surface area (Å²) in [6, 6.07) is 10.8. The third kappa shape index (κ3) is 5.29. The average molecular weight is 448 g/mol. The molecule has 0 aliphatic carbocycles. The summed E-state index contributed by atoms with van der Waals surface area (Å²) in [5.74, 6) is -2.25. The number of nitrogens with zero attached hydrogens (tertiary/aromatic N) is 1. The summed E-state index contributed by atoms with van der Waals surface area (Å²) in [6.07, 6.45) is 1.26. The van der Waals surface area contributed by atoms with Crippen molar-refractivity contribution >= 4 is 21.8 Å². The fourth-order valence-electron chi connectivity index (χ4n) is 3.63. The number of nitrogens with one attached hydrogen (secondary N) is 2. The fourth-order valence-corrected chi connectivity index (χ4v) is 5.63. The van der Waals surface area contributed by atoms with Crippen LogP contribution < -0.4 is 10.6 Å². The molecular formula is C22H26FN3O4S. The van der Waals surface area contributed by atoms with Crippen LogP contribution in [0.3, 0.4) is 0 Å². The second-order valence-corrected chi connectivity index (χ2v) is 9.52. The smallest absolute Gasteiger partial charge is 0.309 e. The average Bonchev–Trinajstić information content (AvgIpc) is 3.22. The van der Waals surface area contributed by atoms with Gasteiger partial charge in [-0.3, -0.25) is 9.59 Å². The summed E-state index contributed by atoms with van der Waals surface area (Å²) in [5, 5.41) is 4.88. The minimum Gasteiger partial charge on any atom is -0.346 e. The Morgan fingerprint density at radius 3 is 2.55 bits per heavy atom. The molecular weight excluding hydrogens is 421 g/mol. The third-order valence-electron chi connectivity index (χ3n) is 5.36. The molecule has 3 rings (SSSR count). The van der Waals surface area contributed by atoms with E-state index in [9.17, 15) is 22.4 Å². The highest BCUT2D eigenvalue weighted by Crippen LogP contribution is 2.28. The van der Waals surface area contributed by atoms with Crippen molar-refractivity contribution in [1.29, 1.82) is 0 Å². The summed E-state index contributed by atoms with van der Waals surface area (Å²) in [5.41, 5.74) is 1.78. The molecule has 1 saturated heterocycles. The van der Waals surface area contributed by atoms with Crippen molar-refractivity contribution in [3.63, 3.8) is 0 Å². The van der Waals surface area contributed by atoms with Gasteiger partial charge in [-0.25, -0.2) is 12.8 Å². The summed E-state index contributed by atoms with van der Waals surface area (Å²) in [4.78, 5) is 24.4. The third-order valence-corrected chi connectivity index (χ3v) is 7.45. The van der Waals surface area contributed by atoms with Gasteiger partial charge in [-0.2, -0.15) is 4.31 Å². The number of hydrogen-bond acceptors (Lipinski definition) is 4. The number of carbonyl (C=O) groups is 2. The van der Waals surface area contributed by atoms with Crippen molar-refractivity contribution < 1.29 is 22.4 Å². The first kappa shape index (κ1) is 22.9. The first-order valence-electron chi connectivity index (χ1n) is 10.1.